The standard InChI is InChI=1S/C18H27NO3/c1-15(2)14-22-18-7-4-16(5-8-18)3-6-17(20)13-19-9-11-21-12-10-19/h3-8,15,17,20H,9-14H2,1-2H3/b6-3+. The minimum absolute atomic E-state index is 0.449. The minimum atomic E-state index is -0.449. The van der Waals surface area contributed by atoms with E-state index in [1.807, 2.05) is 36.4 Å². The van der Waals surface area contributed by atoms with Crippen LogP contribution >= 0.6 is 0 Å². The van der Waals surface area contributed by atoms with Crippen LogP contribution in [0.25, 0.3) is 6.08 Å². The van der Waals surface area contributed by atoms with Crippen molar-refractivity contribution in [1.29, 1.82) is 0 Å². The second-order valence-electron chi connectivity index (χ2n) is 6.11. The van der Waals surface area contributed by atoms with Crippen molar-refractivity contribution in [3.63, 3.8) is 0 Å². The number of rotatable bonds is 7. The van der Waals surface area contributed by atoms with E-state index in [2.05, 4.69) is 18.7 Å². The third kappa shape index (κ3) is 6.18. The molecule has 122 valence electrons. The molecule has 0 spiro atoms. The first kappa shape index (κ1) is 17.0. The topological polar surface area (TPSA) is 41.9 Å². The molecule has 0 radical (unpaired) electrons. The molecule has 4 nitrogen and oxygen atoms in total. The summed E-state index contributed by atoms with van der Waals surface area (Å²) >= 11 is 0. The highest BCUT2D eigenvalue weighted by Gasteiger charge is 2.12. The molecule has 1 aliphatic rings. The van der Waals surface area contributed by atoms with Crippen molar-refractivity contribution < 1.29 is 14.6 Å². The molecule has 1 aliphatic heterocycles. The molecule has 1 atom stereocenters. The summed E-state index contributed by atoms with van der Waals surface area (Å²) < 4.78 is 11.0. The SMILES string of the molecule is CC(C)COc1ccc(/C=C/C(O)CN2CCOCC2)cc1. The molecule has 1 fully saturated rings. The molecule has 1 saturated heterocycles. The number of benzene rings is 1. The normalized spacial score (nSPS) is 18.0. The second-order valence-corrected chi connectivity index (χ2v) is 6.11. The molecule has 0 aromatic heterocycles. The van der Waals surface area contributed by atoms with Crippen LogP contribution in [0.15, 0.2) is 30.3 Å². The fourth-order valence-electron chi connectivity index (χ4n) is 2.27. The van der Waals surface area contributed by atoms with E-state index >= 15 is 0 Å². The van der Waals surface area contributed by atoms with Gasteiger partial charge in [0.15, 0.2) is 0 Å². The lowest BCUT2D eigenvalue weighted by Gasteiger charge is -2.27. The zero-order valence-electron chi connectivity index (χ0n) is 13.6. The van der Waals surface area contributed by atoms with Crippen molar-refractivity contribution in [3.8, 4) is 5.75 Å². The zero-order valence-corrected chi connectivity index (χ0v) is 13.6. The molecule has 1 aromatic carbocycles. The van der Waals surface area contributed by atoms with Crippen LogP contribution in [-0.2, 0) is 4.74 Å². The van der Waals surface area contributed by atoms with Crippen LogP contribution in [0.2, 0.25) is 0 Å². The molecular formula is C18H27NO3. The second kappa shape index (κ2) is 8.93. The molecule has 0 aliphatic carbocycles. The van der Waals surface area contributed by atoms with Crippen LogP contribution in [0.4, 0.5) is 0 Å². The Kier molecular flexibility index (Phi) is 6.90. The average Bonchev–Trinajstić information content (AvgIpc) is 2.53. The van der Waals surface area contributed by atoms with Crippen molar-refractivity contribution in [2.45, 2.75) is 20.0 Å². The van der Waals surface area contributed by atoms with E-state index in [9.17, 15) is 5.11 Å². The Morgan fingerprint density at radius 1 is 1.23 bits per heavy atom. The van der Waals surface area contributed by atoms with Crippen molar-refractivity contribution in [3.05, 3.63) is 35.9 Å². The molecule has 0 bridgehead atoms. The number of hydrogen-bond acceptors (Lipinski definition) is 4. The lowest BCUT2D eigenvalue weighted by Crippen LogP contribution is -2.40. The highest BCUT2D eigenvalue weighted by atomic mass is 16.5. The first-order valence-electron chi connectivity index (χ1n) is 8.02. The van der Waals surface area contributed by atoms with Gasteiger partial charge in [-0.15, -0.1) is 0 Å². The van der Waals surface area contributed by atoms with Gasteiger partial charge in [-0.1, -0.05) is 38.1 Å². The molecule has 1 unspecified atom stereocenters. The van der Waals surface area contributed by atoms with Crippen molar-refractivity contribution in [1.82, 2.24) is 4.90 Å². The Balaban J connectivity index is 1.78. The van der Waals surface area contributed by atoms with Gasteiger partial charge in [-0.05, 0) is 23.6 Å². The Labute approximate surface area is 133 Å². The molecule has 2 rings (SSSR count). The number of nitrogens with zero attached hydrogens (tertiary/aromatic N) is 1. The van der Waals surface area contributed by atoms with Gasteiger partial charge in [0.05, 0.1) is 25.9 Å². The van der Waals surface area contributed by atoms with Crippen LogP contribution < -0.4 is 4.74 Å². The van der Waals surface area contributed by atoms with Gasteiger partial charge in [-0.2, -0.15) is 0 Å². The summed E-state index contributed by atoms with van der Waals surface area (Å²) in [7, 11) is 0. The molecule has 1 N–H and O–H groups in total. The Morgan fingerprint density at radius 2 is 1.91 bits per heavy atom. The highest BCUT2D eigenvalue weighted by Crippen LogP contribution is 2.14. The first-order valence-corrected chi connectivity index (χ1v) is 8.02. The van der Waals surface area contributed by atoms with Gasteiger partial charge >= 0.3 is 0 Å². The lowest BCUT2D eigenvalue weighted by molar-refractivity contribution is 0.0223. The number of aliphatic hydroxyl groups excluding tert-OH is 1. The van der Waals surface area contributed by atoms with E-state index in [0.717, 1.165) is 44.2 Å². The van der Waals surface area contributed by atoms with Gasteiger partial charge in [0, 0.05) is 19.6 Å². The summed E-state index contributed by atoms with van der Waals surface area (Å²) in [6.45, 7) is 8.96. The predicted molar refractivity (Wildman–Crippen MR) is 89.1 cm³/mol. The summed E-state index contributed by atoms with van der Waals surface area (Å²) in [5, 5.41) is 10.1. The molecule has 1 heterocycles. The summed E-state index contributed by atoms with van der Waals surface area (Å²) in [6, 6.07) is 7.95. The third-order valence-corrected chi connectivity index (χ3v) is 3.52. The van der Waals surface area contributed by atoms with Crippen molar-refractivity contribution in [2.75, 3.05) is 39.5 Å². The molecule has 1 aromatic rings. The maximum Gasteiger partial charge on any atom is 0.119 e. The number of β-amino-alcohol motifs (C(OH)–C–C–N with tert-alkyl or cyclic N) is 1. The summed E-state index contributed by atoms with van der Waals surface area (Å²) in [5.74, 6) is 1.41. The lowest BCUT2D eigenvalue weighted by atomic mass is 10.1. The van der Waals surface area contributed by atoms with Crippen LogP contribution in [0.1, 0.15) is 19.4 Å². The number of ether oxygens (including phenoxy) is 2. The van der Waals surface area contributed by atoms with Gasteiger partial charge in [-0.3, -0.25) is 4.90 Å². The molecule has 4 heteroatoms. The third-order valence-electron chi connectivity index (χ3n) is 3.52. The summed E-state index contributed by atoms with van der Waals surface area (Å²) in [4.78, 5) is 2.22. The largest absolute Gasteiger partial charge is 0.493 e. The van der Waals surface area contributed by atoms with E-state index < -0.39 is 6.10 Å². The quantitative estimate of drug-likeness (QED) is 0.840. The van der Waals surface area contributed by atoms with Crippen LogP contribution in [0.5, 0.6) is 5.75 Å². The summed E-state index contributed by atoms with van der Waals surface area (Å²) in [6.07, 6.45) is 3.35. The van der Waals surface area contributed by atoms with Crippen LogP contribution in [0, 0.1) is 5.92 Å². The maximum absolute atomic E-state index is 10.1. The van der Waals surface area contributed by atoms with E-state index in [-0.39, 0.29) is 0 Å². The molecule has 22 heavy (non-hydrogen) atoms. The number of aliphatic hydroxyl groups is 1. The minimum Gasteiger partial charge on any atom is -0.493 e. The van der Waals surface area contributed by atoms with E-state index in [1.54, 1.807) is 0 Å². The Hall–Kier alpha value is -1.36. The smallest absolute Gasteiger partial charge is 0.119 e. The number of hydrogen-bond donors (Lipinski definition) is 1. The summed E-state index contributed by atoms with van der Waals surface area (Å²) in [5.41, 5.74) is 1.07. The fraction of sp³-hybridized carbons (Fsp3) is 0.556. The van der Waals surface area contributed by atoms with Gasteiger partial charge in [0.2, 0.25) is 0 Å². The molecular weight excluding hydrogens is 278 g/mol. The first-order chi connectivity index (χ1) is 10.6. The van der Waals surface area contributed by atoms with Gasteiger partial charge in [0.25, 0.3) is 0 Å². The van der Waals surface area contributed by atoms with Gasteiger partial charge < -0.3 is 14.6 Å². The van der Waals surface area contributed by atoms with Crippen LogP contribution in [0.3, 0.4) is 0 Å². The molecule has 0 saturated carbocycles. The maximum atomic E-state index is 10.1. The van der Waals surface area contributed by atoms with Crippen molar-refractivity contribution in [2.24, 2.45) is 5.92 Å². The van der Waals surface area contributed by atoms with Crippen molar-refractivity contribution >= 4 is 6.08 Å². The monoisotopic (exact) mass is 305 g/mol. The van der Waals surface area contributed by atoms with Crippen LogP contribution in [-0.4, -0.2) is 55.6 Å². The fourth-order valence-corrected chi connectivity index (χ4v) is 2.27. The highest BCUT2D eigenvalue weighted by molar-refractivity contribution is 5.51. The van der Waals surface area contributed by atoms with E-state index in [4.69, 9.17) is 9.47 Å². The zero-order chi connectivity index (χ0) is 15.8. The number of morpholine rings is 1. The van der Waals surface area contributed by atoms with Gasteiger partial charge in [-0.25, -0.2) is 0 Å². The predicted octanol–water partition coefficient (Wildman–Crippen LogP) is 2.43. The Morgan fingerprint density at radius 3 is 2.55 bits per heavy atom. The average molecular weight is 305 g/mol. The van der Waals surface area contributed by atoms with Gasteiger partial charge in [0.1, 0.15) is 5.75 Å². The van der Waals surface area contributed by atoms with E-state index in [1.165, 1.54) is 0 Å². The molecule has 0 amide bonds. The van der Waals surface area contributed by atoms with E-state index in [0.29, 0.717) is 12.5 Å². The Bertz CT molecular complexity index is 450.